The maximum absolute atomic E-state index is 12.0. The largest absolute Gasteiger partial charge is 0.463 e. The topological polar surface area (TPSA) is 46.7 Å². The van der Waals surface area contributed by atoms with Gasteiger partial charge in [-0.25, -0.2) is 0 Å². The Morgan fingerprint density at radius 1 is 1.22 bits per heavy atom. The second-order valence-corrected chi connectivity index (χ2v) is 6.39. The first kappa shape index (κ1) is 17.3. The van der Waals surface area contributed by atoms with E-state index in [0.29, 0.717) is 19.0 Å². The van der Waals surface area contributed by atoms with E-state index in [1.54, 1.807) is 6.26 Å². The van der Waals surface area contributed by atoms with E-state index in [9.17, 15) is 4.79 Å². The van der Waals surface area contributed by atoms with Gasteiger partial charge in [0.2, 0.25) is 0 Å². The molecule has 2 aromatic rings. The van der Waals surface area contributed by atoms with E-state index in [0.717, 1.165) is 23.6 Å². The van der Waals surface area contributed by atoms with E-state index in [1.807, 2.05) is 19.2 Å². The Morgan fingerprint density at radius 2 is 1.96 bits per heavy atom. The number of rotatable bonds is 8. The van der Waals surface area contributed by atoms with Gasteiger partial charge in [0.05, 0.1) is 13.3 Å². The van der Waals surface area contributed by atoms with Crippen molar-refractivity contribution in [3.63, 3.8) is 0 Å². The molecule has 0 aliphatic rings. The molecule has 0 spiro atoms. The molecule has 2 N–H and O–H groups in total. The zero-order valence-electron chi connectivity index (χ0n) is 14.3. The highest BCUT2D eigenvalue weighted by atomic mass is 16.3. The molecule has 124 valence electrons. The predicted molar refractivity (Wildman–Crippen MR) is 91.4 cm³/mol. The summed E-state index contributed by atoms with van der Waals surface area (Å²) in [7, 11) is 1.99. The Kier molecular flexibility index (Phi) is 6.41. The monoisotopic (exact) mass is 315 g/mol. The number of hydrogen-bond acceptors (Lipinski definition) is 2. The van der Waals surface area contributed by atoms with Crippen LogP contribution in [0.4, 0.5) is 0 Å². The fourth-order valence-electron chi connectivity index (χ4n) is 2.53. The average Bonchev–Trinajstić information content (AvgIpc) is 3.00. The van der Waals surface area contributed by atoms with Gasteiger partial charge in [-0.15, -0.1) is 0 Å². The zero-order valence-corrected chi connectivity index (χ0v) is 14.3. The van der Waals surface area contributed by atoms with Crippen molar-refractivity contribution in [3.8, 4) is 0 Å². The molecule has 0 aliphatic carbocycles. The van der Waals surface area contributed by atoms with Crippen LogP contribution in [0.5, 0.6) is 0 Å². The number of carbonyl (C=O) groups excluding carboxylic acids is 1. The number of hydrogen-bond donors (Lipinski definition) is 2. The van der Waals surface area contributed by atoms with Crippen molar-refractivity contribution in [2.24, 2.45) is 0 Å². The third-order valence-electron chi connectivity index (χ3n) is 3.90. The second-order valence-electron chi connectivity index (χ2n) is 6.39. The molecular weight excluding hydrogens is 288 g/mol. The molecule has 1 aromatic carbocycles. The Labute approximate surface area is 138 Å². The summed E-state index contributed by atoms with van der Waals surface area (Å²) in [6.45, 7) is 6.23. The van der Waals surface area contributed by atoms with Crippen LogP contribution in [0.3, 0.4) is 0 Å². The maximum Gasteiger partial charge on any atom is 0.275 e. The van der Waals surface area contributed by atoms with E-state index in [4.69, 9.17) is 4.42 Å². The molecule has 4 nitrogen and oxygen atoms in total. The highest BCUT2D eigenvalue weighted by Gasteiger charge is 2.11. The van der Waals surface area contributed by atoms with Crippen LogP contribution in [0.25, 0.3) is 0 Å². The van der Waals surface area contributed by atoms with Crippen molar-refractivity contribution >= 4 is 5.91 Å². The van der Waals surface area contributed by atoms with Crippen molar-refractivity contribution < 1.29 is 14.1 Å². The SMILES string of the molecule is CC(C)c1ccc(CCNC(=O)C[NH+](C)Cc2ccco2)cc1. The number of carbonyl (C=O) groups is 1. The van der Waals surface area contributed by atoms with Gasteiger partial charge in [-0.2, -0.15) is 0 Å². The molecular formula is C19H27N2O2+. The standard InChI is InChI=1S/C19H26N2O2/c1-15(2)17-8-6-16(7-9-17)10-11-20-19(22)14-21(3)13-18-5-4-12-23-18/h4-9,12,15H,10-11,13-14H2,1-3H3,(H,20,22)/p+1. The lowest BCUT2D eigenvalue weighted by Gasteiger charge is -2.12. The number of furan rings is 1. The minimum atomic E-state index is 0.0767. The number of likely N-dealkylation sites (N-methyl/N-ethyl adjacent to an activating group) is 1. The van der Waals surface area contributed by atoms with Gasteiger partial charge in [0.15, 0.2) is 12.3 Å². The summed E-state index contributed by atoms with van der Waals surface area (Å²) >= 11 is 0. The van der Waals surface area contributed by atoms with Crippen LogP contribution in [0, 0.1) is 0 Å². The average molecular weight is 315 g/mol. The van der Waals surface area contributed by atoms with Gasteiger partial charge < -0.3 is 14.6 Å². The number of nitrogens with one attached hydrogen (secondary N) is 2. The van der Waals surface area contributed by atoms with Crippen molar-refractivity contribution in [3.05, 3.63) is 59.5 Å². The zero-order chi connectivity index (χ0) is 16.7. The van der Waals surface area contributed by atoms with E-state index in [1.165, 1.54) is 11.1 Å². The predicted octanol–water partition coefficient (Wildman–Crippen LogP) is 1.78. The van der Waals surface area contributed by atoms with Crippen LogP contribution >= 0.6 is 0 Å². The summed E-state index contributed by atoms with van der Waals surface area (Å²) in [5, 5.41) is 2.99. The molecule has 0 saturated carbocycles. The van der Waals surface area contributed by atoms with Gasteiger partial charge in [-0.3, -0.25) is 4.79 Å². The number of quaternary nitrogens is 1. The summed E-state index contributed by atoms with van der Waals surface area (Å²) in [5.74, 6) is 1.53. The molecule has 1 unspecified atom stereocenters. The Hall–Kier alpha value is -2.07. The molecule has 1 heterocycles. The van der Waals surface area contributed by atoms with Crippen LogP contribution in [0.15, 0.2) is 47.1 Å². The van der Waals surface area contributed by atoms with Gasteiger partial charge in [0.25, 0.3) is 5.91 Å². The highest BCUT2D eigenvalue weighted by Crippen LogP contribution is 2.14. The van der Waals surface area contributed by atoms with Crippen molar-refractivity contribution in [1.29, 1.82) is 0 Å². The lowest BCUT2D eigenvalue weighted by molar-refractivity contribution is -0.886. The van der Waals surface area contributed by atoms with E-state index < -0.39 is 0 Å². The fourth-order valence-corrected chi connectivity index (χ4v) is 2.53. The van der Waals surface area contributed by atoms with E-state index >= 15 is 0 Å². The Bertz CT molecular complexity index is 588. The third-order valence-corrected chi connectivity index (χ3v) is 3.90. The van der Waals surface area contributed by atoms with Crippen molar-refractivity contribution in [1.82, 2.24) is 5.32 Å². The first-order valence-electron chi connectivity index (χ1n) is 8.24. The molecule has 1 atom stereocenters. The smallest absolute Gasteiger partial charge is 0.275 e. The van der Waals surface area contributed by atoms with E-state index in [-0.39, 0.29) is 5.91 Å². The quantitative estimate of drug-likeness (QED) is 0.780. The molecule has 4 heteroatoms. The van der Waals surface area contributed by atoms with Gasteiger partial charge in [-0.1, -0.05) is 38.1 Å². The lowest BCUT2D eigenvalue weighted by Crippen LogP contribution is -3.08. The lowest BCUT2D eigenvalue weighted by atomic mass is 10.0. The van der Waals surface area contributed by atoms with Crippen LogP contribution in [0.1, 0.15) is 36.7 Å². The summed E-state index contributed by atoms with van der Waals surface area (Å²) in [5.41, 5.74) is 2.60. The van der Waals surface area contributed by atoms with Gasteiger partial charge in [-0.05, 0) is 35.6 Å². The van der Waals surface area contributed by atoms with Crippen LogP contribution in [-0.4, -0.2) is 26.0 Å². The molecule has 0 bridgehead atoms. The van der Waals surface area contributed by atoms with E-state index in [2.05, 4.69) is 43.4 Å². The minimum absolute atomic E-state index is 0.0767. The first-order valence-corrected chi connectivity index (χ1v) is 8.24. The Balaban J connectivity index is 1.68. The van der Waals surface area contributed by atoms with Crippen molar-refractivity contribution in [2.45, 2.75) is 32.7 Å². The summed E-state index contributed by atoms with van der Waals surface area (Å²) in [6.07, 6.45) is 2.52. The molecule has 0 radical (unpaired) electrons. The number of benzene rings is 1. The third kappa shape index (κ3) is 5.91. The molecule has 1 amide bonds. The second kappa shape index (κ2) is 8.53. The molecule has 0 saturated heterocycles. The fraction of sp³-hybridized carbons (Fsp3) is 0.421. The first-order chi connectivity index (χ1) is 11.0. The van der Waals surface area contributed by atoms with Gasteiger partial charge >= 0.3 is 0 Å². The van der Waals surface area contributed by atoms with Gasteiger partial charge in [0, 0.05) is 6.54 Å². The normalized spacial score (nSPS) is 12.3. The molecule has 0 aliphatic heterocycles. The van der Waals surface area contributed by atoms with Crippen LogP contribution in [-0.2, 0) is 17.8 Å². The highest BCUT2D eigenvalue weighted by molar-refractivity contribution is 5.76. The molecule has 0 fully saturated rings. The maximum atomic E-state index is 12.0. The van der Waals surface area contributed by atoms with Gasteiger partial charge in [0.1, 0.15) is 6.54 Å². The minimum Gasteiger partial charge on any atom is -0.463 e. The summed E-state index contributed by atoms with van der Waals surface area (Å²) in [6, 6.07) is 12.4. The number of amides is 1. The summed E-state index contributed by atoms with van der Waals surface area (Å²) in [4.78, 5) is 13.1. The van der Waals surface area contributed by atoms with Crippen LogP contribution < -0.4 is 10.2 Å². The molecule has 2 rings (SSSR count). The van der Waals surface area contributed by atoms with Crippen LogP contribution in [0.2, 0.25) is 0 Å². The molecule has 1 aromatic heterocycles. The van der Waals surface area contributed by atoms with Crippen molar-refractivity contribution in [2.75, 3.05) is 20.1 Å². The molecule has 23 heavy (non-hydrogen) atoms. The Morgan fingerprint density at radius 3 is 2.57 bits per heavy atom. The summed E-state index contributed by atoms with van der Waals surface area (Å²) < 4.78 is 5.30.